The van der Waals surface area contributed by atoms with Gasteiger partial charge in [0, 0.05) is 6.42 Å². The second-order valence-electron chi connectivity index (χ2n) is 10.4. The fraction of sp³-hybridized carbons (Fsp3) is 0.931. The summed E-state index contributed by atoms with van der Waals surface area (Å²) in [4.78, 5) is 26.8. The molecule has 0 rings (SSSR count). The Bertz CT molecular complexity index is 463. The fourth-order valence-electron chi connectivity index (χ4n) is 4.25. The highest BCUT2D eigenvalue weighted by molar-refractivity contribution is 5.72. The summed E-state index contributed by atoms with van der Waals surface area (Å²) in [6.45, 7) is 7.30. The Kier molecular flexibility index (Phi) is 22.9. The van der Waals surface area contributed by atoms with Gasteiger partial charge in [-0.25, -0.2) is 0 Å². The lowest BCUT2D eigenvalue weighted by molar-refractivity contribution is -0.160. The molecule has 34 heavy (non-hydrogen) atoms. The van der Waals surface area contributed by atoms with E-state index in [0.717, 1.165) is 38.6 Å². The second-order valence-corrected chi connectivity index (χ2v) is 10.4. The summed E-state index contributed by atoms with van der Waals surface area (Å²) in [5, 5.41) is 0. The van der Waals surface area contributed by atoms with Crippen molar-refractivity contribution in [1.29, 1.82) is 0 Å². The van der Waals surface area contributed by atoms with E-state index in [2.05, 4.69) is 18.7 Å². The molecule has 202 valence electrons. The van der Waals surface area contributed by atoms with E-state index in [1.165, 1.54) is 77.0 Å². The smallest absolute Gasteiger partial charge is 0.309 e. The van der Waals surface area contributed by atoms with E-state index in [9.17, 15) is 9.59 Å². The standard InChI is InChI=1S/C29H57NO4/c1-6-8-10-12-14-16-18-21-27(22-19-17-15-13-11-9-7-2)29(32)33-25-26(3)34-28(31)23-20-24-30(4)5/h26-27H,6-25H2,1-5H3. The Balaban J connectivity index is 4.33. The predicted octanol–water partition coefficient (Wildman–Crippen LogP) is 7.70. The molecule has 5 nitrogen and oxygen atoms in total. The maximum absolute atomic E-state index is 12.8. The van der Waals surface area contributed by atoms with Gasteiger partial charge in [-0.15, -0.1) is 0 Å². The average Bonchev–Trinajstić information content (AvgIpc) is 2.79. The predicted molar refractivity (Wildman–Crippen MR) is 143 cm³/mol. The van der Waals surface area contributed by atoms with Gasteiger partial charge in [-0.2, -0.15) is 0 Å². The van der Waals surface area contributed by atoms with Gasteiger partial charge in [-0.05, 0) is 46.8 Å². The zero-order valence-corrected chi connectivity index (χ0v) is 23.4. The molecule has 1 atom stereocenters. The highest BCUT2D eigenvalue weighted by Crippen LogP contribution is 2.21. The van der Waals surface area contributed by atoms with Crippen LogP contribution in [0.2, 0.25) is 0 Å². The van der Waals surface area contributed by atoms with Crippen molar-refractivity contribution >= 4 is 11.9 Å². The fourth-order valence-corrected chi connectivity index (χ4v) is 4.25. The Labute approximate surface area is 211 Å². The summed E-state index contributed by atoms with van der Waals surface area (Å²) < 4.78 is 11.0. The number of carbonyl (C=O) groups excluding carboxylic acids is 2. The minimum atomic E-state index is -0.395. The van der Waals surface area contributed by atoms with E-state index in [0.29, 0.717) is 6.42 Å². The van der Waals surface area contributed by atoms with Crippen LogP contribution in [0.5, 0.6) is 0 Å². The van der Waals surface area contributed by atoms with Crippen molar-refractivity contribution in [2.45, 2.75) is 142 Å². The lowest BCUT2D eigenvalue weighted by atomic mass is 9.94. The quantitative estimate of drug-likeness (QED) is 0.104. The Morgan fingerprint density at radius 3 is 1.65 bits per heavy atom. The third kappa shape index (κ3) is 21.4. The minimum Gasteiger partial charge on any atom is -0.462 e. The summed E-state index contributed by atoms with van der Waals surface area (Å²) in [6, 6.07) is 0. The largest absolute Gasteiger partial charge is 0.462 e. The second kappa shape index (κ2) is 23.6. The molecule has 0 aliphatic heterocycles. The molecule has 0 N–H and O–H groups in total. The number of ether oxygens (including phenoxy) is 2. The molecule has 0 amide bonds. The van der Waals surface area contributed by atoms with Gasteiger partial charge in [0.15, 0.2) is 0 Å². The van der Waals surface area contributed by atoms with Crippen molar-refractivity contribution in [3.05, 3.63) is 0 Å². The molecular weight excluding hydrogens is 426 g/mol. The van der Waals surface area contributed by atoms with Gasteiger partial charge < -0.3 is 14.4 Å². The third-order valence-electron chi connectivity index (χ3n) is 6.42. The molecule has 0 saturated carbocycles. The number of hydrogen-bond donors (Lipinski definition) is 0. The molecule has 0 heterocycles. The average molecular weight is 484 g/mol. The van der Waals surface area contributed by atoms with Gasteiger partial charge in [-0.1, -0.05) is 104 Å². The van der Waals surface area contributed by atoms with Gasteiger partial charge in [0.1, 0.15) is 12.7 Å². The zero-order valence-electron chi connectivity index (χ0n) is 23.4. The van der Waals surface area contributed by atoms with E-state index in [1.807, 2.05) is 14.1 Å². The van der Waals surface area contributed by atoms with Gasteiger partial charge >= 0.3 is 11.9 Å². The van der Waals surface area contributed by atoms with Crippen LogP contribution in [0.15, 0.2) is 0 Å². The van der Waals surface area contributed by atoms with Crippen LogP contribution in [0.25, 0.3) is 0 Å². The lowest BCUT2D eigenvalue weighted by Crippen LogP contribution is -2.26. The Morgan fingerprint density at radius 2 is 1.18 bits per heavy atom. The molecule has 0 aromatic rings. The summed E-state index contributed by atoms with van der Waals surface area (Å²) in [5.74, 6) is -0.338. The maximum atomic E-state index is 12.8. The number of unbranched alkanes of at least 4 members (excludes halogenated alkanes) is 12. The molecule has 0 aliphatic carbocycles. The Morgan fingerprint density at radius 1 is 0.706 bits per heavy atom. The molecule has 0 aromatic heterocycles. The van der Waals surface area contributed by atoms with E-state index in [-0.39, 0.29) is 24.5 Å². The van der Waals surface area contributed by atoms with Gasteiger partial charge in [0.2, 0.25) is 0 Å². The van der Waals surface area contributed by atoms with Crippen LogP contribution >= 0.6 is 0 Å². The number of rotatable bonds is 24. The molecule has 0 aromatic carbocycles. The van der Waals surface area contributed by atoms with Crippen LogP contribution in [0.1, 0.15) is 136 Å². The first kappa shape index (κ1) is 32.9. The number of hydrogen-bond acceptors (Lipinski definition) is 5. The van der Waals surface area contributed by atoms with Crippen molar-refractivity contribution in [2.75, 3.05) is 27.2 Å². The zero-order chi connectivity index (χ0) is 25.4. The highest BCUT2D eigenvalue weighted by atomic mass is 16.6. The summed E-state index contributed by atoms with van der Waals surface area (Å²) in [7, 11) is 3.98. The van der Waals surface area contributed by atoms with Crippen molar-refractivity contribution < 1.29 is 19.1 Å². The van der Waals surface area contributed by atoms with Gasteiger partial charge in [-0.3, -0.25) is 9.59 Å². The number of esters is 2. The Hall–Kier alpha value is -1.10. The minimum absolute atomic E-state index is 0.0192. The summed E-state index contributed by atoms with van der Waals surface area (Å²) in [6.07, 6.45) is 20.2. The molecule has 0 bridgehead atoms. The number of nitrogens with zero attached hydrogens (tertiary/aromatic N) is 1. The van der Waals surface area contributed by atoms with Gasteiger partial charge in [0.25, 0.3) is 0 Å². The lowest BCUT2D eigenvalue weighted by Gasteiger charge is -2.19. The van der Waals surface area contributed by atoms with E-state index >= 15 is 0 Å². The molecular formula is C29H57NO4. The van der Waals surface area contributed by atoms with Crippen molar-refractivity contribution in [3.63, 3.8) is 0 Å². The first-order chi connectivity index (χ1) is 16.4. The highest BCUT2D eigenvalue weighted by Gasteiger charge is 2.21. The van der Waals surface area contributed by atoms with Gasteiger partial charge in [0.05, 0.1) is 5.92 Å². The van der Waals surface area contributed by atoms with Crippen molar-refractivity contribution in [1.82, 2.24) is 4.90 Å². The monoisotopic (exact) mass is 483 g/mol. The maximum Gasteiger partial charge on any atom is 0.309 e. The van der Waals surface area contributed by atoms with E-state index in [4.69, 9.17) is 9.47 Å². The molecule has 0 saturated heterocycles. The van der Waals surface area contributed by atoms with Crippen LogP contribution in [0, 0.1) is 5.92 Å². The molecule has 1 unspecified atom stereocenters. The van der Waals surface area contributed by atoms with Crippen molar-refractivity contribution in [2.24, 2.45) is 5.92 Å². The number of carbonyl (C=O) groups is 2. The molecule has 0 aliphatic rings. The summed E-state index contributed by atoms with van der Waals surface area (Å²) >= 11 is 0. The van der Waals surface area contributed by atoms with E-state index < -0.39 is 6.10 Å². The van der Waals surface area contributed by atoms with Crippen LogP contribution in [-0.2, 0) is 19.1 Å². The van der Waals surface area contributed by atoms with Crippen LogP contribution in [0.3, 0.4) is 0 Å². The van der Waals surface area contributed by atoms with Crippen molar-refractivity contribution in [3.8, 4) is 0 Å². The first-order valence-corrected chi connectivity index (χ1v) is 14.4. The molecule has 0 spiro atoms. The summed E-state index contributed by atoms with van der Waals surface area (Å²) in [5.41, 5.74) is 0. The third-order valence-corrected chi connectivity index (χ3v) is 6.42. The molecule has 5 heteroatoms. The van der Waals surface area contributed by atoms with E-state index in [1.54, 1.807) is 6.92 Å². The molecule has 0 radical (unpaired) electrons. The SMILES string of the molecule is CCCCCCCCCC(CCCCCCCCC)C(=O)OCC(C)OC(=O)CCCN(C)C. The normalized spacial score (nSPS) is 12.3. The van der Waals surface area contributed by atoms with Crippen LogP contribution < -0.4 is 0 Å². The molecule has 0 fully saturated rings. The van der Waals surface area contributed by atoms with Crippen LogP contribution in [0.4, 0.5) is 0 Å². The first-order valence-electron chi connectivity index (χ1n) is 14.4. The topological polar surface area (TPSA) is 55.8 Å². The van der Waals surface area contributed by atoms with Crippen LogP contribution in [-0.4, -0.2) is 50.2 Å².